The number of nitrogens with zero attached hydrogens (tertiary/aromatic N) is 5. The van der Waals surface area contributed by atoms with E-state index in [9.17, 15) is 9.59 Å². The second kappa shape index (κ2) is 10.1. The van der Waals surface area contributed by atoms with E-state index in [1.54, 1.807) is 19.5 Å². The van der Waals surface area contributed by atoms with Crippen LogP contribution < -0.4 is 0 Å². The van der Waals surface area contributed by atoms with Crippen LogP contribution in [0.2, 0.25) is 0 Å². The summed E-state index contributed by atoms with van der Waals surface area (Å²) in [6.07, 6.45) is 5.37. The molecular weight excluding hydrogens is 442 g/mol. The van der Waals surface area contributed by atoms with Crippen LogP contribution >= 0.6 is 0 Å². The molecule has 3 heterocycles. The number of hydrogen-bond acceptors (Lipinski definition) is 6. The van der Waals surface area contributed by atoms with E-state index in [1.807, 2.05) is 41.3 Å². The van der Waals surface area contributed by atoms with E-state index in [1.165, 1.54) is 10.5 Å². The molecule has 2 aliphatic rings. The molecule has 8 nitrogen and oxygen atoms in total. The largest absolute Gasteiger partial charge is 0.385 e. The number of ether oxygens (including phenoxy) is 1. The van der Waals surface area contributed by atoms with Crippen molar-refractivity contribution in [3.63, 3.8) is 0 Å². The number of likely N-dealkylation sites (tertiary alicyclic amines) is 1. The quantitative estimate of drug-likeness (QED) is 0.368. The Bertz CT molecular complexity index is 1190. The summed E-state index contributed by atoms with van der Waals surface area (Å²) in [4.78, 5) is 41.6. The van der Waals surface area contributed by atoms with Crippen LogP contribution in [-0.2, 0) is 22.6 Å². The fourth-order valence-corrected chi connectivity index (χ4v) is 5.29. The van der Waals surface area contributed by atoms with Crippen molar-refractivity contribution in [2.75, 3.05) is 33.4 Å². The third kappa shape index (κ3) is 4.63. The molecule has 2 aliphatic heterocycles. The van der Waals surface area contributed by atoms with Gasteiger partial charge in [-0.05, 0) is 42.5 Å². The third-order valence-electron chi connectivity index (χ3n) is 7.16. The average Bonchev–Trinajstić information content (AvgIpc) is 3.07. The third-order valence-corrected chi connectivity index (χ3v) is 7.16. The lowest BCUT2D eigenvalue weighted by molar-refractivity contribution is -0.136. The number of carbonyl (C=O) groups is 2. The molecule has 1 aromatic heterocycles. The minimum Gasteiger partial charge on any atom is -0.385 e. The van der Waals surface area contributed by atoms with Crippen molar-refractivity contribution in [2.24, 2.45) is 0 Å². The van der Waals surface area contributed by atoms with E-state index >= 15 is 0 Å². The Balaban J connectivity index is 1.31. The first-order chi connectivity index (χ1) is 17.1. The summed E-state index contributed by atoms with van der Waals surface area (Å²) in [6, 6.07) is 15.7. The highest BCUT2D eigenvalue weighted by molar-refractivity contribution is 6.07. The molecule has 0 aliphatic carbocycles. The molecule has 3 amide bonds. The molecule has 0 atom stereocenters. The Morgan fingerprint density at radius 2 is 1.66 bits per heavy atom. The zero-order valence-corrected chi connectivity index (χ0v) is 20.1. The molecule has 2 saturated heterocycles. The molecule has 8 heteroatoms. The van der Waals surface area contributed by atoms with Crippen LogP contribution in [0.5, 0.6) is 0 Å². The lowest BCUT2D eigenvalue weighted by atomic mass is 9.85. The summed E-state index contributed by atoms with van der Waals surface area (Å²) in [5, 5.41) is 0. The van der Waals surface area contributed by atoms with Gasteiger partial charge in [-0.15, -0.1) is 0 Å². The number of benzene rings is 2. The van der Waals surface area contributed by atoms with E-state index in [0.717, 1.165) is 36.2 Å². The van der Waals surface area contributed by atoms with Crippen LogP contribution in [0, 0.1) is 0 Å². The fraction of sp³-hybridized carbons (Fsp3) is 0.407. The van der Waals surface area contributed by atoms with Crippen molar-refractivity contribution < 1.29 is 14.3 Å². The van der Waals surface area contributed by atoms with Gasteiger partial charge in [0.2, 0.25) is 0 Å². The van der Waals surface area contributed by atoms with Crippen molar-refractivity contribution in [2.45, 2.75) is 37.9 Å². The zero-order chi connectivity index (χ0) is 24.3. The average molecular weight is 474 g/mol. The summed E-state index contributed by atoms with van der Waals surface area (Å²) in [5.41, 5.74) is 3.13. The lowest BCUT2D eigenvalue weighted by Crippen LogP contribution is -2.56. The monoisotopic (exact) mass is 473 g/mol. The molecule has 5 rings (SSSR count). The molecule has 0 saturated carbocycles. The number of hydrogen-bond donors (Lipinski definition) is 0. The Morgan fingerprint density at radius 3 is 2.40 bits per heavy atom. The topological polar surface area (TPSA) is 78.9 Å². The molecule has 0 radical (unpaired) electrons. The van der Waals surface area contributed by atoms with Gasteiger partial charge in [0.05, 0.1) is 17.6 Å². The van der Waals surface area contributed by atoms with Crippen LogP contribution in [0.1, 0.15) is 30.4 Å². The molecular formula is C27H31N5O3. The fourth-order valence-electron chi connectivity index (χ4n) is 5.29. The molecule has 0 unspecified atom stereocenters. The van der Waals surface area contributed by atoms with Crippen LogP contribution in [0.3, 0.4) is 0 Å². The molecule has 182 valence electrons. The smallest absolute Gasteiger partial charge is 0.327 e. The standard InChI is InChI=1S/C27H31N5O3/c1-35-17-5-14-32-26(34)31(20-21-6-3-2-4-7-21)25(33)27(32)10-15-30(16-11-27)19-22-8-9-23-24(18-22)29-13-12-28-23/h2-4,6-9,12-13,18H,5,10-11,14-17,19-20H2,1H3. The van der Waals surface area contributed by atoms with Gasteiger partial charge in [-0.3, -0.25) is 24.6 Å². The van der Waals surface area contributed by atoms with Crippen molar-refractivity contribution >= 4 is 23.0 Å². The molecule has 3 aromatic rings. The number of amides is 3. The van der Waals surface area contributed by atoms with Crippen molar-refractivity contribution in [3.8, 4) is 0 Å². The second-order valence-electron chi connectivity index (χ2n) is 9.34. The van der Waals surface area contributed by atoms with Gasteiger partial charge in [0.25, 0.3) is 5.91 Å². The molecule has 2 aromatic carbocycles. The van der Waals surface area contributed by atoms with Gasteiger partial charge in [-0.25, -0.2) is 4.79 Å². The first-order valence-corrected chi connectivity index (χ1v) is 12.2. The van der Waals surface area contributed by atoms with E-state index in [0.29, 0.717) is 39.0 Å². The minimum atomic E-state index is -0.773. The highest BCUT2D eigenvalue weighted by Crippen LogP contribution is 2.38. The first-order valence-electron chi connectivity index (χ1n) is 12.2. The normalized spacial score (nSPS) is 18.2. The van der Waals surface area contributed by atoms with Crippen LogP contribution in [0.4, 0.5) is 4.79 Å². The molecule has 0 bridgehead atoms. The van der Waals surface area contributed by atoms with Gasteiger partial charge in [0.15, 0.2) is 0 Å². The lowest BCUT2D eigenvalue weighted by Gasteiger charge is -2.42. The van der Waals surface area contributed by atoms with Crippen molar-refractivity contribution in [1.29, 1.82) is 0 Å². The number of imide groups is 1. The number of fused-ring (bicyclic) bond motifs is 1. The molecule has 35 heavy (non-hydrogen) atoms. The maximum Gasteiger partial charge on any atom is 0.327 e. The summed E-state index contributed by atoms with van der Waals surface area (Å²) in [6.45, 7) is 3.66. The van der Waals surface area contributed by atoms with Crippen LogP contribution in [0.15, 0.2) is 60.9 Å². The van der Waals surface area contributed by atoms with Crippen molar-refractivity contribution in [1.82, 2.24) is 24.7 Å². The number of aromatic nitrogens is 2. The number of carbonyl (C=O) groups excluding carboxylic acids is 2. The van der Waals surface area contributed by atoms with E-state index in [4.69, 9.17) is 4.74 Å². The Labute approximate surface area is 205 Å². The van der Waals surface area contributed by atoms with Gasteiger partial charge >= 0.3 is 6.03 Å². The van der Waals surface area contributed by atoms with Gasteiger partial charge in [-0.2, -0.15) is 0 Å². The van der Waals surface area contributed by atoms with Crippen LogP contribution in [-0.4, -0.2) is 75.5 Å². The maximum atomic E-state index is 13.8. The van der Waals surface area contributed by atoms with E-state index in [2.05, 4.69) is 27.0 Å². The zero-order valence-electron chi connectivity index (χ0n) is 20.1. The number of methoxy groups -OCH3 is 1. The van der Waals surface area contributed by atoms with Gasteiger partial charge in [-0.1, -0.05) is 36.4 Å². The highest BCUT2D eigenvalue weighted by Gasteiger charge is 2.57. The molecule has 1 spiro atoms. The maximum absolute atomic E-state index is 13.8. The summed E-state index contributed by atoms with van der Waals surface area (Å²) < 4.78 is 5.22. The van der Waals surface area contributed by atoms with Gasteiger partial charge in [0.1, 0.15) is 5.54 Å². The Morgan fingerprint density at radius 1 is 0.914 bits per heavy atom. The SMILES string of the molecule is COCCCN1C(=O)N(Cc2ccccc2)C(=O)C12CCN(Cc1ccc3nccnc3c1)CC2. The molecule has 2 fully saturated rings. The predicted molar refractivity (Wildman–Crippen MR) is 132 cm³/mol. The first kappa shape index (κ1) is 23.4. The summed E-state index contributed by atoms with van der Waals surface area (Å²) in [7, 11) is 1.66. The van der Waals surface area contributed by atoms with E-state index in [-0.39, 0.29) is 11.9 Å². The second-order valence-corrected chi connectivity index (χ2v) is 9.34. The van der Waals surface area contributed by atoms with Gasteiger partial charge in [0, 0.05) is 52.3 Å². The van der Waals surface area contributed by atoms with Crippen molar-refractivity contribution in [3.05, 3.63) is 72.1 Å². The summed E-state index contributed by atoms with van der Waals surface area (Å²) >= 11 is 0. The number of urea groups is 1. The number of piperidine rings is 1. The van der Waals surface area contributed by atoms with E-state index < -0.39 is 5.54 Å². The molecule has 0 N–H and O–H groups in total. The Hall–Kier alpha value is -3.36. The highest BCUT2D eigenvalue weighted by atomic mass is 16.5. The summed E-state index contributed by atoms with van der Waals surface area (Å²) in [5.74, 6) is -0.0654. The van der Waals surface area contributed by atoms with Crippen LogP contribution in [0.25, 0.3) is 11.0 Å². The number of rotatable bonds is 8. The van der Waals surface area contributed by atoms with Gasteiger partial charge < -0.3 is 9.64 Å². The minimum absolute atomic E-state index is 0.0654. The predicted octanol–water partition coefficient (Wildman–Crippen LogP) is 3.47. The Kier molecular flexibility index (Phi) is 6.74.